The molecule has 45 heavy (non-hydrogen) atoms. The molecule has 1 aromatic heterocycles. The van der Waals surface area contributed by atoms with Crippen LogP contribution in [0.2, 0.25) is 0 Å². The fourth-order valence-electron chi connectivity index (χ4n) is 5.67. The van der Waals surface area contributed by atoms with Crippen molar-refractivity contribution >= 4 is 29.5 Å². The van der Waals surface area contributed by atoms with Crippen LogP contribution in [-0.4, -0.2) is 102 Å². The molecule has 0 unspecified atom stereocenters. The number of likely N-dealkylation sites (N-methyl/N-ethyl adjacent to an activating group) is 1. The molecule has 0 spiro atoms. The molecular formula is C35H46N6O4. The maximum atomic E-state index is 14.1. The van der Waals surface area contributed by atoms with Crippen molar-refractivity contribution in [1.29, 1.82) is 0 Å². The summed E-state index contributed by atoms with van der Waals surface area (Å²) >= 11 is 0. The molecule has 1 aliphatic heterocycles. The molecule has 2 heterocycles. The Morgan fingerprint density at radius 1 is 0.978 bits per heavy atom. The van der Waals surface area contributed by atoms with Gasteiger partial charge >= 0.3 is 0 Å². The minimum Gasteiger partial charge on any atom is -0.383 e. The topological polar surface area (TPSA) is 91.2 Å². The van der Waals surface area contributed by atoms with Gasteiger partial charge in [0.05, 0.1) is 12.3 Å². The Morgan fingerprint density at radius 2 is 1.64 bits per heavy atom. The minimum absolute atomic E-state index is 0.102. The smallest absolute Gasteiger partial charge is 0.247 e. The lowest BCUT2D eigenvalue weighted by molar-refractivity contribution is -0.143. The average Bonchev–Trinajstić information content (AvgIpc) is 3.30. The van der Waals surface area contributed by atoms with Gasteiger partial charge in [-0.3, -0.25) is 19.1 Å². The zero-order chi connectivity index (χ0) is 32.5. The van der Waals surface area contributed by atoms with Gasteiger partial charge in [-0.25, -0.2) is 0 Å². The summed E-state index contributed by atoms with van der Waals surface area (Å²) in [5, 5.41) is 4.48. The number of hydrogen-bond donors (Lipinski definition) is 0. The Morgan fingerprint density at radius 3 is 2.22 bits per heavy atom. The van der Waals surface area contributed by atoms with Gasteiger partial charge in [-0.1, -0.05) is 42.5 Å². The summed E-state index contributed by atoms with van der Waals surface area (Å²) in [4.78, 5) is 47.3. The standard InChI is InChI=1S/C35H46N6O4/c1-26-32(27(2)38(5)36-26)16-17-34(43)41(33(24-29-10-8-7-9-11-29)35(44)37(4)22-23-45-6)25-30-12-14-31(15-13-30)40-20-18-39(19-21-40)28(3)42/h7-17,33H,18-25H2,1-6H3/b17-16+/t33-/m0/s1. The lowest BCUT2D eigenvalue weighted by Crippen LogP contribution is -2.51. The molecule has 0 bridgehead atoms. The van der Waals surface area contributed by atoms with Crippen LogP contribution in [0, 0.1) is 13.8 Å². The van der Waals surface area contributed by atoms with Gasteiger partial charge in [0, 0.05) is 96.8 Å². The normalized spacial score (nSPS) is 14.1. The number of hydrogen-bond acceptors (Lipinski definition) is 6. The summed E-state index contributed by atoms with van der Waals surface area (Å²) in [6.07, 6.45) is 3.73. The molecule has 1 saturated heterocycles. The van der Waals surface area contributed by atoms with E-state index in [0.29, 0.717) is 32.7 Å². The van der Waals surface area contributed by atoms with E-state index in [4.69, 9.17) is 4.74 Å². The largest absolute Gasteiger partial charge is 0.383 e. The SMILES string of the molecule is COCCN(C)C(=O)[C@H](Cc1ccccc1)N(Cc1ccc(N2CCN(C(C)=O)CC2)cc1)C(=O)/C=C/c1c(C)nn(C)c1C. The highest BCUT2D eigenvalue weighted by Gasteiger charge is 2.31. The molecule has 240 valence electrons. The fraction of sp³-hybridized carbons (Fsp3) is 0.429. The number of carbonyl (C=O) groups excluding carboxylic acids is 3. The van der Waals surface area contributed by atoms with Gasteiger partial charge in [0.1, 0.15) is 6.04 Å². The Balaban J connectivity index is 1.65. The number of amides is 3. The van der Waals surface area contributed by atoms with Crippen molar-refractivity contribution in [3.8, 4) is 0 Å². The fourth-order valence-corrected chi connectivity index (χ4v) is 5.67. The number of anilines is 1. The summed E-state index contributed by atoms with van der Waals surface area (Å²) < 4.78 is 7.03. The predicted molar refractivity (Wildman–Crippen MR) is 177 cm³/mol. The van der Waals surface area contributed by atoms with Gasteiger partial charge in [0.15, 0.2) is 0 Å². The Kier molecular flexibility index (Phi) is 11.5. The number of aryl methyl sites for hydroxylation is 2. The Labute approximate surface area is 266 Å². The first-order chi connectivity index (χ1) is 21.6. The molecule has 0 N–H and O–H groups in total. The molecule has 1 fully saturated rings. The molecule has 10 heteroatoms. The molecule has 0 radical (unpaired) electrons. The van der Waals surface area contributed by atoms with E-state index in [9.17, 15) is 14.4 Å². The van der Waals surface area contributed by atoms with Gasteiger partial charge in [0.2, 0.25) is 17.7 Å². The van der Waals surface area contributed by atoms with Gasteiger partial charge < -0.3 is 24.3 Å². The van der Waals surface area contributed by atoms with Crippen LogP contribution in [0.4, 0.5) is 5.69 Å². The second-order valence-corrected chi connectivity index (χ2v) is 11.6. The van der Waals surface area contributed by atoms with Gasteiger partial charge in [-0.15, -0.1) is 0 Å². The van der Waals surface area contributed by atoms with Crippen LogP contribution >= 0.6 is 0 Å². The molecule has 1 aliphatic rings. The zero-order valence-electron chi connectivity index (χ0n) is 27.4. The quantitative estimate of drug-likeness (QED) is 0.291. The second kappa shape index (κ2) is 15.5. The van der Waals surface area contributed by atoms with E-state index in [0.717, 1.165) is 46.9 Å². The predicted octanol–water partition coefficient (Wildman–Crippen LogP) is 3.46. The third-order valence-corrected chi connectivity index (χ3v) is 8.56. The van der Waals surface area contributed by atoms with E-state index < -0.39 is 6.04 Å². The van der Waals surface area contributed by atoms with Crippen LogP contribution in [0.25, 0.3) is 6.08 Å². The van der Waals surface area contributed by atoms with E-state index >= 15 is 0 Å². The van der Waals surface area contributed by atoms with E-state index in [1.54, 1.807) is 47.7 Å². The highest BCUT2D eigenvalue weighted by atomic mass is 16.5. The van der Waals surface area contributed by atoms with Crippen LogP contribution in [0.1, 0.15) is 35.0 Å². The van der Waals surface area contributed by atoms with Crippen molar-refractivity contribution in [3.05, 3.63) is 88.8 Å². The summed E-state index contributed by atoms with van der Waals surface area (Å²) in [5.41, 5.74) is 5.64. The van der Waals surface area contributed by atoms with Crippen LogP contribution in [0.3, 0.4) is 0 Å². The number of rotatable bonds is 12. The van der Waals surface area contributed by atoms with Crippen LogP contribution in [0.15, 0.2) is 60.7 Å². The van der Waals surface area contributed by atoms with E-state index in [1.807, 2.05) is 68.3 Å². The van der Waals surface area contributed by atoms with Crippen molar-refractivity contribution in [2.75, 3.05) is 58.4 Å². The number of ether oxygens (including phenoxy) is 1. The molecule has 0 saturated carbocycles. The monoisotopic (exact) mass is 614 g/mol. The molecule has 1 atom stereocenters. The number of piperazine rings is 1. The maximum Gasteiger partial charge on any atom is 0.247 e. The number of benzene rings is 2. The van der Waals surface area contributed by atoms with Crippen molar-refractivity contribution in [1.82, 2.24) is 24.5 Å². The van der Waals surface area contributed by atoms with Gasteiger partial charge in [-0.05, 0) is 43.2 Å². The molecule has 2 aromatic carbocycles. The van der Waals surface area contributed by atoms with Gasteiger partial charge in [0.25, 0.3) is 0 Å². The number of nitrogens with zero attached hydrogens (tertiary/aromatic N) is 6. The van der Waals surface area contributed by atoms with E-state index in [-0.39, 0.29) is 24.3 Å². The Hall–Kier alpha value is -4.44. The molecule has 4 rings (SSSR count). The second-order valence-electron chi connectivity index (χ2n) is 11.6. The van der Waals surface area contributed by atoms with Crippen LogP contribution < -0.4 is 4.90 Å². The van der Waals surface area contributed by atoms with Crippen molar-refractivity contribution < 1.29 is 19.1 Å². The minimum atomic E-state index is -0.734. The number of methoxy groups -OCH3 is 1. The van der Waals surface area contributed by atoms with Crippen LogP contribution in [0.5, 0.6) is 0 Å². The lowest BCUT2D eigenvalue weighted by atomic mass is 10.0. The third-order valence-electron chi connectivity index (χ3n) is 8.56. The lowest BCUT2D eigenvalue weighted by Gasteiger charge is -2.36. The number of aromatic nitrogens is 2. The summed E-state index contributed by atoms with van der Waals surface area (Å²) in [7, 11) is 5.24. The average molecular weight is 615 g/mol. The summed E-state index contributed by atoms with van der Waals surface area (Å²) in [6.45, 7) is 9.49. The third kappa shape index (κ3) is 8.60. The maximum absolute atomic E-state index is 14.1. The van der Waals surface area contributed by atoms with E-state index in [1.165, 1.54) is 0 Å². The highest BCUT2D eigenvalue weighted by molar-refractivity contribution is 5.96. The van der Waals surface area contributed by atoms with E-state index in [2.05, 4.69) is 22.1 Å². The Bertz CT molecular complexity index is 1480. The van der Waals surface area contributed by atoms with Crippen molar-refractivity contribution in [3.63, 3.8) is 0 Å². The molecule has 3 aromatic rings. The first-order valence-corrected chi connectivity index (χ1v) is 15.4. The molecule has 3 amide bonds. The summed E-state index contributed by atoms with van der Waals surface area (Å²) in [5.74, 6) is -0.298. The van der Waals surface area contributed by atoms with Crippen molar-refractivity contribution in [2.24, 2.45) is 7.05 Å². The molecule has 10 nitrogen and oxygen atoms in total. The van der Waals surface area contributed by atoms with Crippen LogP contribution in [-0.2, 0) is 39.1 Å². The first-order valence-electron chi connectivity index (χ1n) is 15.4. The molecular weight excluding hydrogens is 568 g/mol. The zero-order valence-corrected chi connectivity index (χ0v) is 27.4. The summed E-state index contributed by atoms with van der Waals surface area (Å²) in [6, 6.07) is 17.2. The van der Waals surface area contributed by atoms with Gasteiger partial charge in [-0.2, -0.15) is 5.10 Å². The first kappa shape index (κ1) is 33.5. The highest BCUT2D eigenvalue weighted by Crippen LogP contribution is 2.22. The van der Waals surface area contributed by atoms with Crippen molar-refractivity contribution in [2.45, 2.75) is 39.8 Å². The molecule has 0 aliphatic carbocycles. The number of carbonyl (C=O) groups is 3.